The van der Waals surface area contributed by atoms with Gasteiger partial charge < -0.3 is 15.2 Å². The number of nitrogens with one attached hydrogen (secondary N) is 2. The van der Waals surface area contributed by atoms with Crippen LogP contribution in [0.3, 0.4) is 0 Å². The van der Waals surface area contributed by atoms with Crippen molar-refractivity contribution in [2.75, 3.05) is 32.9 Å². The van der Waals surface area contributed by atoms with E-state index in [-0.39, 0.29) is 18.1 Å². The highest BCUT2D eigenvalue weighted by atomic mass is 35.5. The van der Waals surface area contributed by atoms with Gasteiger partial charge in [0.2, 0.25) is 0 Å². The molecule has 7 nitrogen and oxygen atoms in total. The number of piperidine rings is 1. The van der Waals surface area contributed by atoms with Crippen molar-refractivity contribution < 1.29 is 8.42 Å². The number of halogens is 1. The summed E-state index contributed by atoms with van der Waals surface area (Å²) in [6, 6.07) is 13.9. The molecule has 3 heterocycles. The van der Waals surface area contributed by atoms with Crippen molar-refractivity contribution >= 4 is 33.3 Å². The molecule has 1 fully saturated rings. The standard InChI is InChI=1S/C15H23NO2S.C11H13N3O.ClH/c1-3-9-16-10-5-7-14(12-16)13-6-4-8-15(11-13)19(2,17)18;1-12-8-5-7-3-2-4-9-10(7)14(6-8)11(15)13-9;/h4,6,8,11,14H,3,5,7,9-10,12H2,1-2H3;2-4,8,12H,5-6H2,1H3,(H,13,15);1H/t14-;8-;/m11./s1. The fraction of sp³-hybridized carbons (Fsp3) is 0.500. The number of likely N-dealkylation sites (N-methyl/N-ethyl adjacent to an activating group) is 1. The third-order valence-electron chi connectivity index (χ3n) is 6.96. The fourth-order valence-corrected chi connectivity index (χ4v) is 5.90. The number of imidazole rings is 1. The lowest BCUT2D eigenvalue weighted by molar-refractivity contribution is 0.208. The van der Waals surface area contributed by atoms with E-state index in [1.165, 1.54) is 36.8 Å². The minimum atomic E-state index is -3.10. The molecule has 2 N–H and O–H groups in total. The molecule has 3 aromatic rings. The Balaban J connectivity index is 0.000000194. The minimum Gasteiger partial charge on any atom is -0.315 e. The van der Waals surface area contributed by atoms with Crippen LogP contribution in [0.1, 0.15) is 43.2 Å². The summed E-state index contributed by atoms with van der Waals surface area (Å²) < 4.78 is 25.1. The number of sulfone groups is 1. The molecule has 0 bridgehead atoms. The van der Waals surface area contributed by atoms with Gasteiger partial charge in [0.05, 0.1) is 15.9 Å². The zero-order valence-corrected chi connectivity index (χ0v) is 22.4. The summed E-state index contributed by atoms with van der Waals surface area (Å²) in [6.07, 6.45) is 5.80. The largest absolute Gasteiger partial charge is 0.326 e. The molecule has 0 spiro atoms. The summed E-state index contributed by atoms with van der Waals surface area (Å²) in [6.45, 7) is 6.33. The van der Waals surface area contributed by atoms with Crippen molar-refractivity contribution in [1.82, 2.24) is 19.8 Å². The highest BCUT2D eigenvalue weighted by Crippen LogP contribution is 2.28. The number of hydrogen-bond acceptors (Lipinski definition) is 5. The number of likely N-dealkylation sites (tertiary alicyclic amines) is 1. The highest BCUT2D eigenvalue weighted by molar-refractivity contribution is 7.90. The second kappa shape index (κ2) is 11.7. The van der Waals surface area contributed by atoms with Crippen molar-refractivity contribution in [2.24, 2.45) is 0 Å². The molecule has 35 heavy (non-hydrogen) atoms. The van der Waals surface area contributed by atoms with Gasteiger partial charge in [-0.25, -0.2) is 13.2 Å². The predicted molar refractivity (Wildman–Crippen MR) is 145 cm³/mol. The smallest absolute Gasteiger partial charge is 0.315 e. The van der Waals surface area contributed by atoms with Crippen LogP contribution in [0.5, 0.6) is 0 Å². The molecule has 192 valence electrons. The van der Waals surface area contributed by atoms with Gasteiger partial charge in [-0.3, -0.25) is 4.57 Å². The van der Waals surface area contributed by atoms with Crippen LogP contribution in [0.2, 0.25) is 0 Å². The average molecular weight is 521 g/mol. The van der Waals surface area contributed by atoms with E-state index in [9.17, 15) is 13.2 Å². The van der Waals surface area contributed by atoms with Crippen molar-refractivity contribution in [3.8, 4) is 0 Å². The Morgan fingerprint density at radius 1 is 1.14 bits per heavy atom. The van der Waals surface area contributed by atoms with E-state index in [0.29, 0.717) is 16.9 Å². The van der Waals surface area contributed by atoms with Crippen molar-refractivity contribution in [3.05, 3.63) is 64.1 Å². The first-order valence-electron chi connectivity index (χ1n) is 12.2. The van der Waals surface area contributed by atoms with Crippen LogP contribution in [0.15, 0.2) is 52.2 Å². The first-order chi connectivity index (χ1) is 16.3. The van der Waals surface area contributed by atoms with Gasteiger partial charge >= 0.3 is 5.69 Å². The SMILES string of the molecule is CCCN1CCC[C@@H](c2cccc(S(C)(=O)=O)c2)C1.CN[C@@H]1Cc2cccc3[nH]c(=O)n(c23)C1.Cl. The summed E-state index contributed by atoms with van der Waals surface area (Å²) in [5.41, 5.74) is 4.44. The zero-order valence-electron chi connectivity index (χ0n) is 20.8. The van der Waals surface area contributed by atoms with Gasteiger partial charge in [-0.15, -0.1) is 12.4 Å². The molecule has 2 aliphatic heterocycles. The van der Waals surface area contributed by atoms with E-state index in [4.69, 9.17) is 0 Å². The summed E-state index contributed by atoms with van der Waals surface area (Å²) in [4.78, 5) is 17.5. The number of para-hydroxylation sites is 1. The molecule has 0 radical (unpaired) electrons. The molecule has 9 heteroatoms. The molecule has 0 amide bonds. The molecular weight excluding hydrogens is 484 g/mol. The molecule has 2 aromatic carbocycles. The fourth-order valence-electron chi connectivity index (χ4n) is 5.22. The maximum atomic E-state index is 11.7. The minimum absolute atomic E-state index is 0. The van der Waals surface area contributed by atoms with Crippen molar-refractivity contribution in [1.29, 1.82) is 0 Å². The van der Waals surface area contributed by atoms with E-state index in [1.807, 2.05) is 35.9 Å². The number of rotatable bonds is 5. The first-order valence-corrected chi connectivity index (χ1v) is 14.1. The van der Waals surface area contributed by atoms with E-state index in [2.05, 4.69) is 34.3 Å². The van der Waals surface area contributed by atoms with E-state index in [0.717, 1.165) is 43.5 Å². The first kappa shape index (κ1) is 27.5. The van der Waals surface area contributed by atoms with Gasteiger partial charge in [0.1, 0.15) is 0 Å². The van der Waals surface area contributed by atoms with Gasteiger partial charge in [-0.05, 0) is 81.1 Å². The Labute approximate surface area is 214 Å². The van der Waals surface area contributed by atoms with Crippen LogP contribution < -0.4 is 11.0 Å². The van der Waals surface area contributed by atoms with Gasteiger partial charge in [-0.1, -0.05) is 31.2 Å². The van der Waals surface area contributed by atoms with E-state index < -0.39 is 9.84 Å². The quantitative estimate of drug-likeness (QED) is 0.537. The Bertz CT molecular complexity index is 1300. The van der Waals surface area contributed by atoms with Crippen LogP contribution in [0, 0.1) is 0 Å². The number of nitrogens with zero attached hydrogens (tertiary/aromatic N) is 2. The molecule has 2 atom stereocenters. The number of benzene rings is 2. The molecule has 0 saturated carbocycles. The molecule has 1 saturated heterocycles. The summed E-state index contributed by atoms with van der Waals surface area (Å²) >= 11 is 0. The second-order valence-corrected chi connectivity index (χ2v) is 11.5. The molecular formula is C26H37ClN4O3S. The Morgan fingerprint density at radius 3 is 2.63 bits per heavy atom. The van der Waals surface area contributed by atoms with Crippen molar-refractivity contribution in [3.63, 3.8) is 0 Å². The number of aromatic nitrogens is 2. The second-order valence-electron chi connectivity index (χ2n) is 9.53. The molecule has 0 unspecified atom stereocenters. The van der Waals surface area contributed by atoms with Gasteiger partial charge in [-0.2, -0.15) is 0 Å². The Morgan fingerprint density at radius 2 is 1.91 bits per heavy atom. The zero-order chi connectivity index (χ0) is 24.3. The normalized spacial score (nSPS) is 20.1. The van der Waals surface area contributed by atoms with Crippen molar-refractivity contribution in [2.45, 2.75) is 56.0 Å². The number of aromatic amines is 1. The lowest BCUT2D eigenvalue weighted by Gasteiger charge is -2.32. The van der Waals surface area contributed by atoms with Crippen LogP contribution in [0.4, 0.5) is 0 Å². The third-order valence-corrected chi connectivity index (χ3v) is 8.07. The van der Waals surface area contributed by atoms with E-state index in [1.54, 1.807) is 6.07 Å². The van der Waals surface area contributed by atoms with Gasteiger partial charge in [0.25, 0.3) is 0 Å². The van der Waals surface area contributed by atoms with Gasteiger partial charge in [0, 0.05) is 25.4 Å². The molecule has 0 aliphatic carbocycles. The summed E-state index contributed by atoms with van der Waals surface area (Å²) in [5.74, 6) is 0.474. The molecule has 5 rings (SSSR count). The Kier molecular flexibility index (Phi) is 9.21. The summed E-state index contributed by atoms with van der Waals surface area (Å²) in [5, 5.41) is 3.23. The maximum absolute atomic E-state index is 11.7. The third kappa shape index (κ3) is 6.36. The number of hydrogen-bond donors (Lipinski definition) is 2. The maximum Gasteiger partial charge on any atom is 0.326 e. The molecule has 1 aromatic heterocycles. The topological polar surface area (TPSA) is 87.2 Å². The van der Waals surface area contributed by atoms with E-state index >= 15 is 0 Å². The molecule has 2 aliphatic rings. The monoisotopic (exact) mass is 520 g/mol. The van der Waals surface area contributed by atoms with Gasteiger partial charge in [0.15, 0.2) is 9.84 Å². The van der Waals surface area contributed by atoms with Crippen LogP contribution in [-0.4, -0.2) is 61.8 Å². The van der Waals surface area contributed by atoms with Crippen LogP contribution >= 0.6 is 12.4 Å². The van der Waals surface area contributed by atoms with Crippen LogP contribution in [-0.2, 0) is 22.8 Å². The predicted octanol–water partition coefficient (Wildman–Crippen LogP) is 3.58. The summed E-state index contributed by atoms with van der Waals surface area (Å²) in [7, 11) is -1.16. The Hall–Kier alpha value is -2.13. The lowest BCUT2D eigenvalue weighted by Crippen LogP contribution is -2.38. The van der Waals surface area contributed by atoms with Crippen LogP contribution in [0.25, 0.3) is 11.0 Å². The lowest BCUT2D eigenvalue weighted by atomic mass is 9.90. The highest BCUT2D eigenvalue weighted by Gasteiger charge is 2.22. The average Bonchev–Trinajstić information content (AvgIpc) is 3.16. The number of H-pyrrole nitrogens is 1.